The van der Waals surface area contributed by atoms with E-state index >= 15 is 0 Å². The van der Waals surface area contributed by atoms with Crippen molar-refractivity contribution in [1.29, 1.82) is 0 Å². The molecule has 0 atom stereocenters. The molecule has 0 aliphatic rings. The fraction of sp³-hybridized carbons (Fsp3) is 0.318. The Morgan fingerprint density at radius 1 is 1.16 bits per heavy atom. The molecule has 2 aromatic heterocycles. The SMILES string of the molecule is COC(C)(C)O/N=C/CCn1cc(-c2cccc(C(F)(F)F)c2)c(=O)[n+]2ccccc12. The minimum atomic E-state index is -4.49. The van der Waals surface area contributed by atoms with Crippen molar-refractivity contribution >= 4 is 11.9 Å². The topological polar surface area (TPSA) is 56.9 Å². The third-order valence-electron chi connectivity index (χ3n) is 4.71. The van der Waals surface area contributed by atoms with E-state index in [0.717, 1.165) is 12.1 Å². The number of oxime groups is 1. The van der Waals surface area contributed by atoms with E-state index in [0.29, 0.717) is 18.6 Å². The molecule has 0 fully saturated rings. The maximum atomic E-state index is 13.1. The first-order chi connectivity index (χ1) is 14.6. The summed E-state index contributed by atoms with van der Waals surface area (Å²) in [4.78, 5) is 18.2. The number of benzene rings is 1. The molecular formula is C22H23F3N3O3+. The van der Waals surface area contributed by atoms with Crippen molar-refractivity contribution in [3.05, 3.63) is 70.8 Å². The van der Waals surface area contributed by atoms with Gasteiger partial charge in [-0.25, -0.2) is 9.36 Å². The van der Waals surface area contributed by atoms with Crippen LogP contribution in [0.1, 0.15) is 25.8 Å². The number of ether oxygens (including phenoxy) is 1. The molecule has 0 aliphatic heterocycles. The van der Waals surface area contributed by atoms with Crippen LogP contribution < -0.4 is 9.96 Å². The zero-order valence-electron chi connectivity index (χ0n) is 17.4. The van der Waals surface area contributed by atoms with Crippen molar-refractivity contribution in [1.82, 2.24) is 4.57 Å². The zero-order valence-corrected chi connectivity index (χ0v) is 17.4. The summed E-state index contributed by atoms with van der Waals surface area (Å²) in [6, 6.07) is 9.99. The number of pyridine rings is 1. The molecular weight excluding hydrogens is 411 g/mol. The van der Waals surface area contributed by atoms with Gasteiger partial charge >= 0.3 is 11.7 Å². The minimum Gasteiger partial charge on any atom is -0.361 e. The Labute approximate surface area is 177 Å². The van der Waals surface area contributed by atoms with Gasteiger partial charge in [-0.05, 0) is 23.8 Å². The Balaban J connectivity index is 1.97. The van der Waals surface area contributed by atoms with Crippen molar-refractivity contribution < 1.29 is 27.1 Å². The molecule has 1 aromatic carbocycles. The Hall–Kier alpha value is -3.20. The van der Waals surface area contributed by atoms with Gasteiger partial charge in [-0.2, -0.15) is 17.6 Å². The van der Waals surface area contributed by atoms with E-state index in [1.807, 2.05) is 0 Å². The molecule has 0 spiro atoms. The lowest BCUT2D eigenvalue weighted by Gasteiger charge is -2.19. The first-order valence-corrected chi connectivity index (χ1v) is 9.59. The highest BCUT2D eigenvalue weighted by atomic mass is 19.4. The minimum absolute atomic E-state index is 0.170. The van der Waals surface area contributed by atoms with E-state index < -0.39 is 23.1 Å². The molecule has 3 aromatic rings. The van der Waals surface area contributed by atoms with Crippen LogP contribution in [-0.4, -0.2) is 23.7 Å². The summed E-state index contributed by atoms with van der Waals surface area (Å²) in [5.74, 6) is -0.854. The van der Waals surface area contributed by atoms with Crippen molar-refractivity contribution in [3.8, 4) is 11.1 Å². The molecule has 6 nitrogen and oxygen atoms in total. The lowest BCUT2D eigenvalue weighted by Crippen LogP contribution is -2.43. The molecule has 0 radical (unpaired) electrons. The Morgan fingerprint density at radius 2 is 1.94 bits per heavy atom. The molecule has 0 saturated heterocycles. The normalized spacial score (nSPS) is 12.6. The van der Waals surface area contributed by atoms with Crippen LogP contribution in [0, 0.1) is 0 Å². The number of alkyl halides is 3. The molecule has 9 heteroatoms. The van der Waals surface area contributed by atoms with E-state index in [4.69, 9.17) is 9.57 Å². The summed E-state index contributed by atoms with van der Waals surface area (Å²) >= 11 is 0. The molecule has 31 heavy (non-hydrogen) atoms. The van der Waals surface area contributed by atoms with Gasteiger partial charge in [0.2, 0.25) is 5.79 Å². The Morgan fingerprint density at radius 3 is 2.65 bits per heavy atom. The number of halogens is 3. The second-order valence-corrected chi connectivity index (χ2v) is 7.32. The highest BCUT2D eigenvalue weighted by Gasteiger charge is 2.31. The second kappa shape index (κ2) is 8.89. The van der Waals surface area contributed by atoms with Crippen LogP contribution in [0.5, 0.6) is 0 Å². The van der Waals surface area contributed by atoms with Crippen molar-refractivity contribution in [2.45, 2.75) is 38.8 Å². The van der Waals surface area contributed by atoms with Gasteiger partial charge in [-0.15, -0.1) is 0 Å². The first-order valence-electron chi connectivity index (χ1n) is 9.59. The van der Waals surface area contributed by atoms with E-state index in [2.05, 4.69) is 5.16 Å². The van der Waals surface area contributed by atoms with Gasteiger partial charge in [0.25, 0.3) is 5.65 Å². The average molecular weight is 434 g/mol. The van der Waals surface area contributed by atoms with Gasteiger partial charge < -0.3 is 9.57 Å². The van der Waals surface area contributed by atoms with Gasteiger partial charge in [-0.3, -0.25) is 0 Å². The summed E-state index contributed by atoms with van der Waals surface area (Å²) in [6.45, 7) is 3.87. The average Bonchev–Trinajstić information content (AvgIpc) is 2.74. The van der Waals surface area contributed by atoms with Crippen molar-refractivity contribution in [3.63, 3.8) is 0 Å². The summed E-state index contributed by atoms with van der Waals surface area (Å²) in [5, 5.41) is 3.89. The predicted molar refractivity (Wildman–Crippen MR) is 110 cm³/mol. The third-order valence-corrected chi connectivity index (χ3v) is 4.71. The van der Waals surface area contributed by atoms with E-state index in [-0.39, 0.29) is 11.1 Å². The molecule has 0 saturated carbocycles. The zero-order chi connectivity index (χ0) is 22.6. The number of nitrogens with zero attached hydrogens (tertiary/aromatic N) is 3. The number of rotatable bonds is 7. The highest BCUT2D eigenvalue weighted by Crippen LogP contribution is 2.31. The summed E-state index contributed by atoms with van der Waals surface area (Å²) in [5.41, 5.74) is -0.229. The van der Waals surface area contributed by atoms with Crippen LogP contribution >= 0.6 is 0 Å². The highest BCUT2D eigenvalue weighted by molar-refractivity contribution is 5.63. The monoisotopic (exact) mass is 434 g/mol. The number of aromatic nitrogens is 2. The van der Waals surface area contributed by atoms with Crippen LogP contribution in [0.25, 0.3) is 16.8 Å². The fourth-order valence-electron chi connectivity index (χ4n) is 2.94. The van der Waals surface area contributed by atoms with Crippen LogP contribution in [-0.2, 0) is 22.3 Å². The van der Waals surface area contributed by atoms with Crippen LogP contribution in [0.4, 0.5) is 13.2 Å². The molecule has 0 aliphatic carbocycles. The smallest absolute Gasteiger partial charge is 0.361 e. The Kier molecular flexibility index (Phi) is 6.45. The van der Waals surface area contributed by atoms with E-state index in [1.165, 1.54) is 23.6 Å². The predicted octanol–water partition coefficient (Wildman–Crippen LogP) is 4.05. The van der Waals surface area contributed by atoms with Crippen LogP contribution in [0.3, 0.4) is 0 Å². The second-order valence-electron chi connectivity index (χ2n) is 7.32. The quantitative estimate of drug-likeness (QED) is 0.244. The van der Waals surface area contributed by atoms with Gasteiger partial charge in [0, 0.05) is 39.7 Å². The molecule has 0 unspecified atom stereocenters. The lowest BCUT2D eigenvalue weighted by molar-refractivity contribution is -0.531. The number of fused-ring (bicyclic) bond motifs is 1. The number of hydrogen-bond acceptors (Lipinski definition) is 4. The molecule has 3 rings (SSSR count). The molecule has 164 valence electrons. The number of methoxy groups -OCH3 is 1. The Bertz CT molecular complexity index is 1150. The van der Waals surface area contributed by atoms with Gasteiger partial charge in [0.1, 0.15) is 11.8 Å². The van der Waals surface area contributed by atoms with Crippen molar-refractivity contribution in [2.75, 3.05) is 7.11 Å². The maximum Gasteiger partial charge on any atom is 0.416 e. The first kappa shape index (κ1) is 22.5. The van der Waals surface area contributed by atoms with E-state index in [9.17, 15) is 18.0 Å². The van der Waals surface area contributed by atoms with Crippen LogP contribution in [0.2, 0.25) is 0 Å². The third kappa shape index (κ3) is 5.29. The molecule has 0 bridgehead atoms. The van der Waals surface area contributed by atoms with E-state index in [1.54, 1.807) is 55.2 Å². The lowest BCUT2D eigenvalue weighted by atomic mass is 10.1. The summed E-state index contributed by atoms with van der Waals surface area (Å²) < 4.78 is 47.7. The summed E-state index contributed by atoms with van der Waals surface area (Å²) in [6.07, 6.45) is 0.702. The molecule has 0 N–H and O–H groups in total. The number of aryl methyl sites for hydroxylation is 1. The standard InChI is InChI=1S/C22H23F3N3O3/c1-21(2,30-3)31-26-11-7-12-27-15-18(20(29)28-13-5-4-10-19(27)28)16-8-6-9-17(14-16)22(23,24)25/h4-6,8-11,13-15H,7,12H2,1-3H3/q+1/b26-11+. The van der Waals surface area contributed by atoms with Crippen molar-refractivity contribution in [2.24, 2.45) is 5.16 Å². The van der Waals surface area contributed by atoms with Gasteiger partial charge in [-0.1, -0.05) is 23.4 Å². The van der Waals surface area contributed by atoms with Gasteiger partial charge in [0.15, 0.2) is 0 Å². The maximum absolute atomic E-state index is 13.1. The fourth-order valence-corrected chi connectivity index (χ4v) is 2.94. The van der Waals surface area contributed by atoms with Gasteiger partial charge in [0.05, 0.1) is 18.3 Å². The number of hydrogen-bond donors (Lipinski definition) is 0. The molecule has 2 heterocycles. The largest absolute Gasteiger partial charge is 0.416 e. The summed E-state index contributed by atoms with van der Waals surface area (Å²) in [7, 11) is 1.51. The molecule has 0 amide bonds. The van der Waals surface area contributed by atoms with Crippen LogP contribution in [0.15, 0.2) is 64.8 Å².